The number of unbranched alkanes of at least 4 members (excludes halogenated alkanes) is 3. The van der Waals surface area contributed by atoms with E-state index in [2.05, 4.69) is 175 Å². The lowest BCUT2D eigenvalue weighted by molar-refractivity contribution is 0.469. The average molecular weight is 1900 g/mol. The SMILES string of the molecule is C=Cc1ccccc1.C=Cc1ccccc1.C=Cc1ccccc1.C=Cc1ccccc1.C=Cc1ccccc1.C=Cc1ccccc1.C=Cc1ccccc1.C=Cc1ccccc1.C=Cc1ccccc1.C=Cc1ccccc1.C=Cc1ccccc1.C=Cc1ccccc1.C=Cc1ccccc1.C=Cc1ccccc1.CC.CC.CC.CC.CC.CC(C)(C)C.CCC.CCC.CCCC.CCCCC. The van der Waals surface area contributed by atoms with Gasteiger partial charge in [0.15, 0.2) is 0 Å². The van der Waals surface area contributed by atoms with E-state index in [1.54, 1.807) is 0 Å². The zero-order chi connectivity index (χ0) is 109. The maximum Gasteiger partial charge on any atom is -0.0263 e. The molecule has 0 amide bonds. The molecule has 142 heavy (non-hydrogen) atoms. The Morgan fingerprint density at radius 1 is 0.134 bits per heavy atom. The molecule has 0 fully saturated rings. The van der Waals surface area contributed by atoms with Crippen molar-refractivity contribution in [2.75, 3.05) is 0 Å². The lowest BCUT2D eigenvalue weighted by atomic mass is 10.0. The Labute approximate surface area is 876 Å². The van der Waals surface area contributed by atoms with Gasteiger partial charge in [-0.2, -0.15) is 0 Å². The minimum absolute atomic E-state index is 0.500. The van der Waals surface area contributed by atoms with E-state index in [4.69, 9.17) is 0 Å². The number of hydrogen-bond acceptors (Lipinski definition) is 0. The van der Waals surface area contributed by atoms with Gasteiger partial charge < -0.3 is 0 Å². The lowest BCUT2D eigenvalue weighted by Crippen LogP contribution is -1.93. The Hall–Kier alpha value is -14.6. The average Bonchev–Trinajstić information content (AvgIpc) is 1.04. The Kier molecular flexibility index (Phi) is 134. The van der Waals surface area contributed by atoms with Crippen LogP contribution >= 0.6 is 0 Å². The van der Waals surface area contributed by atoms with Gasteiger partial charge in [0, 0.05) is 0 Å². The molecule has 0 heteroatoms. The molecule has 0 saturated carbocycles. The lowest BCUT2D eigenvalue weighted by Gasteiger charge is -2.05. The summed E-state index contributed by atoms with van der Waals surface area (Å²) in [6, 6.07) is 140. The van der Waals surface area contributed by atoms with Crippen molar-refractivity contribution in [2.45, 2.75) is 197 Å². The van der Waals surface area contributed by atoms with E-state index in [1.165, 1.54) is 123 Å². The molecular weight excluding hydrogens is 1710 g/mol. The summed E-state index contributed by atoms with van der Waals surface area (Å²) in [6.45, 7) is 96.9. The van der Waals surface area contributed by atoms with Crippen LogP contribution in [-0.2, 0) is 0 Å². The van der Waals surface area contributed by atoms with Gasteiger partial charge in [-0.15, -0.1) is 0 Å². The van der Waals surface area contributed by atoms with Gasteiger partial charge in [0.05, 0.1) is 0 Å². The summed E-state index contributed by atoms with van der Waals surface area (Å²) < 4.78 is 0. The normalized spacial score (nSPS) is 8.10. The first-order valence-corrected chi connectivity index (χ1v) is 50.7. The molecular formula is C142H192. The fourth-order valence-electron chi connectivity index (χ4n) is 8.60. The summed E-state index contributed by atoms with van der Waals surface area (Å²) in [6.07, 6.45) is 34.9. The first-order chi connectivity index (χ1) is 69.2. The molecule has 14 rings (SSSR count). The zero-order valence-electron chi connectivity index (χ0n) is 92.8. The van der Waals surface area contributed by atoms with E-state index in [9.17, 15) is 0 Å². The molecule has 0 N–H and O–H groups in total. The van der Waals surface area contributed by atoms with Crippen LogP contribution in [0.25, 0.3) is 85.1 Å². The summed E-state index contributed by atoms with van der Waals surface area (Å²) in [5.41, 5.74) is 16.9. The van der Waals surface area contributed by atoms with Crippen LogP contribution in [0.15, 0.2) is 517 Å². The molecule has 0 atom stereocenters. The molecule has 0 aliphatic carbocycles. The minimum Gasteiger partial charge on any atom is -0.0985 e. The van der Waals surface area contributed by atoms with Gasteiger partial charge in [-0.05, 0) is 83.3 Å². The second kappa shape index (κ2) is 128. The van der Waals surface area contributed by atoms with Gasteiger partial charge in [-0.25, -0.2) is 0 Å². The van der Waals surface area contributed by atoms with Gasteiger partial charge >= 0.3 is 0 Å². The number of benzene rings is 14. The predicted molar refractivity (Wildman–Crippen MR) is 671 cm³/mol. The van der Waals surface area contributed by atoms with Gasteiger partial charge in [-0.3, -0.25) is 0 Å². The maximum atomic E-state index is 3.63. The molecule has 0 aromatic heterocycles. The van der Waals surface area contributed by atoms with Crippen LogP contribution in [-0.4, -0.2) is 0 Å². The molecule has 0 unspecified atom stereocenters. The highest BCUT2D eigenvalue weighted by atomic mass is 14.0. The Morgan fingerprint density at radius 2 is 0.190 bits per heavy atom. The van der Waals surface area contributed by atoms with Crippen LogP contribution in [0, 0.1) is 5.41 Å². The first-order valence-electron chi connectivity index (χ1n) is 50.7. The highest BCUT2D eigenvalue weighted by molar-refractivity contribution is 5.53. The van der Waals surface area contributed by atoms with Crippen LogP contribution in [0.3, 0.4) is 0 Å². The molecule has 0 aliphatic heterocycles. The van der Waals surface area contributed by atoms with E-state index < -0.39 is 0 Å². The Balaban J connectivity index is -0.000000162. The molecule has 14 aromatic carbocycles. The maximum absolute atomic E-state index is 3.63. The van der Waals surface area contributed by atoms with Gasteiger partial charge in [-0.1, -0.05) is 799 Å². The molecule has 0 bridgehead atoms. The van der Waals surface area contributed by atoms with Crippen LogP contribution < -0.4 is 0 Å². The summed E-state index contributed by atoms with van der Waals surface area (Å²) in [5, 5.41) is 0. The molecule has 0 nitrogen and oxygen atoms in total. The van der Waals surface area contributed by atoms with Crippen molar-refractivity contribution >= 4 is 85.1 Å². The van der Waals surface area contributed by atoms with Crippen molar-refractivity contribution in [1.82, 2.24) is 0 Å². The van der Waals surface area contributed by atoms with Gasteiger partial charge in [0.1, 0.15) is 0 Å². The van der Waals surface area contributed by atoms with Gasteiger partial charge in [0.25, 0.3) is 0 Å². The summed E-state index contributed by atoms with van der Waals surface area (Å²) >= 11 is 0. The molecule has 0 saturated heterocycles. The fourth-order valence-corrected chi connectivity index (χ4v) is 8.60. The van der Waals surface area contributed by atoms with Crippen LogP contribution in [0.4, 0.5) is 0 Å². The summed E-state index contributed by atoms with van der Waals surface area (Å²) in [7, 11) is 0. The molecule has 0 radical (unpaired) electrons. The van der Waals surface area contributed by atoms with Gasteiger partial charge in [0.2, 0.25) is 0 Å². The molecule has 0 heterocycles. The van der Waals surface area contributed by atoms with Crippen molar-refractivity contribution < 1.29 is 0 Å². The predicted octanol–water partition coefficient (Wildman–Crippen LogP) is 46.6. The third-order valence-corrected chi connectivity index (χ3v) is 15.7. The van der Waals surface area contributed by atoms with E-state index >= 15 is 0 Å². The monoisotopic (exact) mass is 1900 g/mol. The minimum atomic E-state index is 0.500. The number of hydrogen-bond donors (Lipinski definition) is 0. The van der Waals surface area contributed by atoms with Crippen molar-refractivity contribution in [1.29, 1.82) is 0 Å². The second-order valence-corrected chi connectivity index (χ2v) is 29.4. The molecule has 760 valence electrons. The van der Waals surface area contributed by atoms with Crippen LogP contribution in [0.5, 0.6) is 0 Å². The third kappa shape index (κ3) is 118. The fraction of sp³-hybridized carbons (Fsp3) is 0.211. The third-order valence-electron chi connectivity index (χ3n) is 15.7. The van der Waals surface area contributed by atoms with E-state index in [0.717, 1.165) is 0 Å². The highest BCUT2D eigenvalue weighted by Gasteiger charge is 1.96. The van der Waals surface area contributed by atoms with Crippen LogP contribution in [0.2, 0.25) is 0 Å². The van der Waals surface area contributed by atoms with Crippen LogP contribution in [0.1, 0.15) is 275 Å². The molecule has 0 aliphatic rings. The van der Waals surface area contributed by atoms with Crippen molar-refractivity contribution in [3.8, 4) is 0 Å². The molecule has 0 spiro atoms. The highest BCUT2D eigenvalue weighted by Crippen LogP contribution is 2.10. The topological polar surface area (TPSA) is 0 Å². The van der Waals surface area contributed by atoms with E-state index in [-0.39, 0.29) is 0 Å². The van der Waals surface area contributed by atoms with E-state index in [0.29, 0.717) is 5.41 Å². The van der Waals surface area contributed by atoms with Crippen molar-refractivity contribution in [3.05, 3.63) is 595 Å². The summed E-state index contributed by atoms with van der Waals surface area (Å²) in [4.78, 5) is 0. The Bertz CT molecular complexity index is 3670. The van der Waals surface area contributed by atoms with E-state index in [1.807, 2.05) is 579 Å². The second-order valence-electron chi connectivity index (χ2n) is 29.4. The number of rotatable bonds is 17. The zero-order valence-corrected chi connectivity index (χ0v) is 92.8. The molecule has 14 aromatic rings. The first kappa shape index (κ1) is 148. The largest absolute Gasteiger partial charge is 0.0985 e. The standard InChI is InChI=1S/14C8H8.2C5H12.C4H10.2C3H8.5C2H6/c14*1-2-8-6-4-3-5-7-8;1-5(2,3)4;1-3-5-4-2;1-3-4-2;2*1-3-2;5*1-2/h14*2-7H,1H2;1-4H3;3-5H2,1-2H3;3-4H2,1-2H3;2*3H2,1-2H3;5*1-2H3. The smallest absolute Gasteiger partial charge is 0.0263 e. The summed E-state index contributed by atoms with van der Waals surface area (Å²) in [5.74, 6) is 0. The quantitative estimate of drug-likeness (QED) is 0.0852. The Morgan fingerprint density at radius 3 is 0.211 bits per heavy atom. The van der Waals surface area contributed by atoms with Crippen molar-refractivity contribution in [3.63, 3.8) is 0 Å². The van der Waals surface area contributed by atoms with Crippen molar-refractivity contribution in [2.24, 2.45) is 5.41 Å².